The molecule has 3 saturated heterocycles. The molecule has 3 aliphatic heterocycles. The number of nitrogens with zero attached hydrogens (tertiary/aromatic N) is 4. The maximum Gasteiger partial charge on any atom is 0.152 e. The lowest BCUT2D eigenvalue weighted by Crippen LogP contribution is -2.71. The predicted octanol–water partition coefficient (Wildman–Crippen LogP) is -4.26. The number of alkyl halides is 3. The van der Waals surface area contributed by atoms with Crippen molar-refractivity contribution >= 4 is 34.8 Å². The SMILES string of the molecule is OC(CCl)C[N+]1(CC(O)CN(CC(O)C[N+]2(CC(O)CCl)CC(O)C2)CC(O)C[N+]2(CC(O)CCl)CC(O)C2)CC(O)C1. The van der Waals surface area contributed by atoms with Crippen molar-refractivity contribution in [2.24, 2.45) is 0 Å². The second-order valence-electron chi connectivity index (χ2n) is 13.8. The molecule has 0 spiro atoms. The molecule has 0 saturated carbocycles. The van der Waals surface area contributed by atoms with E-state index in [-0.39, 0.29) is 56.9 Å². The van der Waals surface area contributed by atoms with E-state index in [0.717, 1.165) is 0 Å². The zero-order chi connectivity index (χ0) is 32.0. The summed E-state index contributed by atoms with van der Waals surface area (Å²) in [6.07, 6.45) is -6.67. The van der Waals surface area contributed by atoms with Crippen molar-refractivity contribution < 1.29 is 59.4 Å². The van der Waals surface area contributed by atoms with Crippen LogP contribution in [0.2, 0.25) is 0 Å². The lowest BCUT2D eigenvalue weighted by atomic mass is 10.0. The number of aliphatic hydroxyl groups excluding tert-OH is 9. The van der Waals surface area contributed by atoms with Gasteiger partial charge >= 0.3 is 0 Å². The van der Waals surface area contributed by atoms with Crippen LogP contribution in [0.4, 0.5) is 0 Å². The van der Waals surface area contributed by atoms with Crippen molar-refractivity contribution in [3.63, 3.8) is 0 Å². The van der Waals surface area contributed by atoms with Gasteiger partial charge in [-0.25, -0.2) is 0 Å². The Labute approximate surface area is 269 Å². The summed E-state index contributed by atoms with van der Waals surface area (Å²) in [5, 5.41) is 94.0. The highest BCUT2D eigenvalue weighted by Gasteiger charge is 2.48. The average Bonchev–Trinajstić information content (AvgIpc) is 2.85. The van der Waals surface area contributed by atoms with Crippen LogP contribution >= 0.6 is 34.8 Å². The Morgan fingerprint density at radius 2 is 0.651 bits per heavy atom. The van der Waals surface area contributed by atoms with E-state index in [1.807, 2.05) is 0 Å². The molecule has 13 nitrogen and oxygen atoms in total. The summed E-state index contributed by atoms with van der Waals surface area (Å²) in [6.45, 7) is 4.20. The molecule has 0 amide bonds. The van der Waals surface area contributed by atoms with Gasteiger partial charge in [-0.2, -0.15) is 0 Å². The average molecular weight is 685 g/mol. The smallest absolute Gasteiger partial charge is 0.152 e. The van der Waals surface area contributed by atoms with Gasteiger partial charge in [0.15, 0.2) is 18.3 Å². The van der Waals surface area contributed by atoms with Crippen molar-refractivity contribution in [1.82, 2.24) is 4.90 Å². The zero-order valence-corrected chi connectivity index (χ0v) is 27.1. The third-order valence-electron chi connectivity index (χ3n) is 9.12. The molecule has 3 aliphatic rings. The molecule has 0 aromatic carbocycles. The van der Waals surface area contributed by atoms with Gasteiger partial charge in [-0.1, -0.05) is 0 Å². The van der Waals surface area contributed by atoms with Gasteiger partial charge in [0.2, 0.25) is 0 Å². The largest absolute Gasteiger partial charge is 0.386 e. The normalized spacial score (nSPS) is 36.6. The van der Waals surface area contributed by atoms with Crippen molar-refractivity contribution in [3.8, 4) is 0 Å². The van der Waals surface area contributed by atoms with Gasteiger partial charge in [-0.05, 0) is 0 Å². The van der Waals surface area contributed by atoms with Crippen LogP contribution in [0.1, 0.15) is 0 Å². The Bertz CT molecular complexity index is 733. The standard InChI is InChI=1S/C27H54Cl3N4O9/c28-1-19(35)7-32(13-25(41)14-32)10-22(38)4-31(5-23(39)11-33(8-20(36)2-29)15-26(42)16-33)6-24(40)12-34(9-21(37)3-30)17-27(43)18-34/h19-27,35-43H,1-18H2/q+3. The molecule has 16 heteroatoms. The minimum absolute atomic E-state index is 0.0386. The summed E-state index contributed by atoms with van der Waals surface area (Å²) in [4.78, 5) is 1.78. The molecule has 0 bridgehead atoms. The van der Waals surface area contributed by atoms with Gasteiger partial charge in [-0.3, -0.25) is 4.90 Å². The number of likely N-dealkylation sites (tertiary alicyclic amines) is 3. The van der Waals surface area contributed by atoms with Gasteiger partial charge in [0.05, 0.1) is 17.6 Å². The third-order valence-corrected chi connectivity index (χ3v) is 10.2. The summed E-state index contributed by atoms with van der Waals surface area (Å²) in [6, 6.07) is 0. The molecule has 3 heterocycles. The predicted molar refractivity (Wildman–Crippen MR) is 162 cm³/mol. The first kappa shape index (κ1) is 37.8. The lowest BCUT2D eigenvalue weighted by Gasteiger charge is -2.51. The first-order valence-corrected chi connectivity index (χ1v) is 16.8. The van der Waals surface area contributed by atoms with Gasteiger partial charge in [-0.15, -0.1) is 34.8 Å². The molecule has 254 valence electrons. The van der Waals surface area contributed by atoms with Crippen LogP contribution in [0.5, 0.6) is 0 Å². The number of hydrogen-bond donors (Lipinski definition) is 9. The molecular weight excluding hydrogens is 631 g/mol. The fourth-order valence-corrected chi connectivity index (χ4v) is 8.05. The molecular formula is C27H54Cl3N4O9+3. The van der Waals surface area contributed by atoms with Gasteiger partial charge in [0.25, 0.3) is 0 Å². The highest BCUT2D eigenvalue weighted by atomic mass is 35.5. The van der Waals surface area contributed by atoms with Crippen molar-refractivity contribution in [2.45, 2.75) is 54.9 Å². The summed E-state index contributed by atoms with van der Waals surface area (Å²) in [5.74, 6) is 0.116. The Hall–Kier alpha value is 0.350. The second kappa shape index (κ2) is 16.4. The van der Waals surface area contributed by atoms with E-state index in [1.54, 1.807) is 4.90 Å². The molecule has 0 radical (unpaired) electrons. The van der Waals surface area contributed by atoms with E-state index < -0.39 is 54.9 Å². The second-order valence-corrected chi connectivity index (χ2v) is 14.7. The van der Waals surface area contributed by atoms with Crippen molar-refractivity contribution in [3.05, 3.63) is 0 Å². The Morgan fingerprint density at radius 1 is 0.442 bits per heavy atom. The van der Waals surface area contributed by atoms with E-state index >= 15 is 0 Å². The Balaban J connectivity index is 1.69. The van der Waals surface area contributed by atoms with E-state index in [0.29, 0.717) is 72.4 Å². The highest BCUT2D eigenvalue weighted by molar-refractivity contribution is 6.18. The van der Waals surface area contributed by atoms with Gasteiger partial charge < -0.3 is 59.4 Å². The van der Waals surface area contributed by atoms with E-state index in [9.17, 15) is 46.0 Å². The minimum atomic E-state index is -0.909. The van der Waals surface area contributed by atoms with E-state index in [1.165, 1.54) is 0 Å². The topological polar surface area (TPSA) is 185 Å². The monoisotopic (exact) mass is 683 g/mol. The van der Waals surface area contributed by atoms with Crippen LogP contribution in [0.25, 0.3) is 0 Å². The summed E-state index contributed by atoms with van der Waals surface area (Å²) in [7, 11) is 0. The first-order chi connectivity index (χ1) is 20.1. The summed E-state index contributed by atoms with van der Waals surface area (Å²) < 4.78 is 0.909. The van der Waals surface area contributed by atoms with E-state index in [2.05, 4.69) is 0 Å². The van der Waals surface area contributed by atoms with Crippen LogP contribution in [0.3, 0.4) is 0 Å². The molecule has 6 atom stereocenters. The minimum Gasteiger partial charge on any atom is -0.386 e. The fraction of sp³-hybridized carbons (Fsp3) is 1.00. The van der Waals surface area contributed by atoms with Gasteiger partial charge in [0, 0.05) is 19.6 Å². The highest BCUT2D eigenvalue weighted by Crippen LogP contribution is 2.26. The number of halogens is 3. The third kappa shape index (κ3) is 11.2. The van der Waals surface area contributed by atoms with Crippen molar-refractivity contribution in [2.75, 3.05) is 116 Å². The maximum absolute atomic E-state index is 11.2. The fourth-order valence-electron chi connectivity index (χ4n) is 7.76. The molecule has 9 N–H and O–H groups in total. The molecule has 6 unspecified atom stereocenters. The molecule has 0 aromatic heterocycles. The Morgan fingerprint density at radius 3 is 0.837 bits per heavy atom. The lowest BCUT2D eigenvalue weighted by molar-refractivity contribution is -0.977. The Kier molecular flexibility index (Phi) is 14.5. The summed E-state index contributed by atoms with van der Waals surface area (Å²) >= 11 is 17.5. The first-order valence-electron chi connectivity index (χ1n) is 15.2. The van der Waals surface area contributed by atoms with E-state index in [4.69, 9.17) is 34.8 Å². The molecule has 3 fully saturated rings. The number of quaternary nitrogens is 3. The van der Waals surface area contributed by atoms with Crippen LogP contribution < -0.4 is 0 Å². The number of aliphatic hydroxyl groups is 9. The van der Waals surface area contributed by atoms with Crippen LogP contribution in [0.15, 0.2) is 0 Å². The molecule has 0 aliphatic carbocycles. The summed E-state index contributed by atoms with van der Waals surface area (Å²) in [5.41, 5.74) is 0. The van der Waals surface area contributed by atoms with Crippen LogP contribution in [0, 0.1) is 0 Å². The number of rotatable bonds is 21. The molecule has 43 heavy (non-hydrogen) atoms. The molecule has 3 rings (SSSR count). The maximum atomic E-state index is 11.2. The van der Waals surface area contributed by atoms with Crippen LogP contribution in [-0.2, 0) is 0 Å². The molecule has 0 aromatic rings. The number of hydrogen-bond acceptors (Lipinski definition) is 10. The zero-order valence-electron chi connectivity index (χ0n) is 24.9. The van der Waals surface area contributed by atoms with Crippen molar-refractivity contribution in [1.29, 1.82) is 0 Å². The quantitative estimate of drug-likeness (QED) is 0.0424. The van der Waals surface area contributed by atoms with Gasteiger partial charge in [0.1, 0.15) is 115 Å². The van der Waals surface area contributed by atoms with Crippen LogP contribution in [-0.4, -0.2) is 235 Å².